The van der Waals surface area contributed by atoms with Crippen LogP contribution < -0.4 is 0 Å². The average molecular weight is 929 g/mol. The molecule has 2 aliphatic rings. The summed E-state index contributed by atoms with van der Waals surface area (Å²) >= 11 is 0. The van der Waals surface area contributed by atoms with Crippen molar-refractivity contribution in [3.05, 3.63) is 36.5 Å². The lowest BCUT2D eigenvalue weighted by Crippen LogP contribution is -2.61. The molecule has 7 N–H and O–H groups in total. The average Bonchev–Trinajstić information content (AvgIpc) is 3.30. The molecular weight excluding hydrogens is 837 g/mol. The molecule has 0 spiro atoms. The summed E-state index contributed by atoms with van der Waals surface area (Å²) in [5.74, 6) is -0.389. The Bertz CT molecular complexity index is 1220. The maximum Gasteiger partial charge on any atom is 0.306 e. The van der Waals surface area contributed by atoms with E-state index in [-0.39, 0.29) is 25.6 Å². The lowest BCUT2D eigenvalue weighted by Gasteiger charge is -2.42. The molecule has 2 heterocycles. The zero-order chi connectivity index (χ0) is 47.3. The van der Waals surface area contributed by atoms with Gasteiger partial charge in [0, 0.05) is 13.0 Å². The zero-order valence-corrected chi connectivity index (χ0v) is 40.2. The number of ether oxygens (including phenoxy) is 6. The van der Waals surface area contributed by atoms with Gasteiger partial charge < -0.3 is 64.2 Å². The van der Waals surface area contributed by atoms with E-state index in [9.17, 15) is 40.5 Å². The van der Waals surface area contributed by atoms with Crippen LogP contribution in [-0.4, -0.2) is 142 Å². The number of carbonyl (C=O) groups excluding carboxylic acids is 1. The summed E-state index contributed by atoms with van der Waals surface area (Å²) in [4.78, 5) is 13.0. The summed E-state index contributed by atoms with van der Waals surface area (Å²) in [6.07, 6.45) is 26.3. The molecule has 0 aromatic heterocycles. The van der Waals surface area contributed by atoms with Crippen LogP contribution in [0, 0.1) is 0 Å². The van der Waals surface area contributed by atoms with E-state index in [4.69, 9.17) is 28.4 Å². The van der Waals surface area contributed by atoms with Gasteiger partial charge in [0.1, 0.15) is 54.9 Å². The Morgan fingerprint density at radius 2 is 0.954 bits per heavy atom. The van der Waals surface area contributed by atoms with Crippen molar-refractivity contribution < 1.29 is 69.0 Å². The molecule has 0 saturated carbocycles. The van der Waals surface area contributed by atoms with Crippen LogP contribution >= 0.6 is 0 Å². The van der Waals surface area contributed by atoms with Crippen LogP contribution in [0.5, 0.6) is 0 Å². The van der Waals surface area contributed by atoms with Gasteiger partial charge in [-0.05, 0) is 70.6 Å². The molecule has 2 rings (SSSR count). The molecule has 2 saturated heterocycles. The fourth-order valence-electron chi connectivity index (χ4n) is 7.90. The van der Waals surface area contributed by atoms with E-state index < -0.39 is 80.7 Å². The highest BCUT2D eigenvalue weighted by Crippen LogP contribution is 2.26. The van der Waals surface area contributed by atoms with Gasteiger partial charge in [-0.1, -0.05) is 140 Å². The number of aliphatic hydroxyl groups is 7. The van der Waals surface area contributed by atoms with E-state index in [0.717, 1.165) is 77.0 Å². The highest BCUT2D eigenvalue weighted by atomic mass is 16.7. The maximum atomic E-state index is 13.0. The lowest BCUT2D eigenvalue weighted by molar-refractivity contribution is -0.332. The number of rotatable bonds is 40. The van der Waals surface area contributed by atoms with Crippen molar-refractivity contribution >= 4 is 5.97 Å². The Kier molecular flexibility index (Phi) is 35.7. The molecule has 0 aliphatic carbocycles. The molecule has 0 aromatic rings. The van der Waals surface area contributed by atoms with Crippen molar-refractivity contribution in [2.45, 2.75) is 248 Å². The van der Waals surface area contributed by atoms with Gasteiger partial charge in [-0.15, -0.1) is 0 Å². The summed E-state index contributed by atoms with van der Waals surface area (Å²) in [7, 11) is 0. The van der Waals surface area contributed by atoms with Crippen LogP contribution in [-0.2, 0) is 33.2 Å². The van der Waals surface area contributed by atoms with Crippen molar-refractivity contribution in [3.8, 4) is 0 Å². The van der Waals surface area contributed by atoms with Crippen LogP contribution in [0.15, 0.2) is 36.5 Å². The molecule has 0 bridgehead atoms. The van der Waals surface area contributed by atoms with E-state index in [1.807, 2.05) is 0 Å². The fourth-order valence-corrected chi connectivity index (χ4v) is 7.90. The molecule has 14 nitrogen and oxygen atoms in total. The van der Waals surface area contributed by atoms with Crippen LogP contribution in [0.2, 0.25) is 0 Å². The standard InChI is InChI=1S/C51H92O14/c1-3-5-7-9-11-13-15-17-19-20-21-23-25-27-29-31-33-35-60-37-40(63-43(53)34-32-30-28-26-24-22-18-16-14-12-10-8-6-4-2)38-61-50-49(59)47(57)45(55)42(65-50)39-62-51-48(58)46(56)44(54)41(36-52)64-51/h13,15-16,18-20,40-42,44-52,54-59H,3-12,14,17,21-39H2,1-2H3/b15-13-,18-16-,20-19-. The predicted octanol–water partition coefficient (Wildman–Crippen LogP) is 7.41. The molecule has 0 amide bonds. The summed E-state index contributed by atoms with van der Waals surface area (Å²) in [5.41, 5.74) is 0. The number of hydrogen-bond acceptors (Lipinski definition) is 14. The first kappa shape index (κ1) is 59.3. The Balaban J connectivity index is 1.78. The largest absolute Gasteiger partial charge is 0.457 e. The van der Waals surface area contributed by atoms with Crippen molar-refractivity contribution in [1.29, 1.82) is 0 Å². The van der Waals surface area contributed by atoms with Crippen molar-refractivity contribution in [2.24, 2.45) is 0 Å². The Hall–Kier alpha value is -1.79. The minimum absolute atomic E-state index is 0.0516. The molecule has 380 valence electrons. The summed E-state index contributed by atoms with van der Waals surface area (Å²) in [6.45, 7) is 3.62. The van der Waals surface area contributed by atoms with Gasteiger partial charge in [0.2, 0.25) is 0 Å². The van der Waals surface area contributed by atoms with Gasteiger partial charge in [0.15, 0.2) is 12.6 Å². The smallest absolute Gasteiger partial charge is 0.306 e. The summed E-state index contributed by atoms with van der Waals surface area (Å²) in [6, 6.07) is 0. The fraction of sp³-hybridized carbons (Fsp3) is 0.863. The molecule has 11 unspecified atom stereocenters. The molecule has 14 heteroatoms. The Morgan fingerprint density at radius 3 is 1.51 bits per heavy atom. The van der Waals surface area contributed by atoms with Crippen molar-refractivity contribution in [3.63, 3.8) is 0 Å². The normalized spacial score (nSPS) is 26.8. The van der Waals surface area contributed by atoms with E-state index in [2.05, 4.69) is 50.3 Å². The second-order valence-corrected chi connectivity index (χ2v) is 18.0. The van der Waals surface area contributed by atoms with E-state index >= 15 is 0 Å². The Morgan fingerprint density at radius 1 is 0.508 bits per heavy atom. The predicted molar refractivity (Wildman–Crippen MR) is 252 cm³/mol. The zero-order valence-electron chi connectivity index (χ0n) is 40.2. The van der Waals surface area contributed by atoms with Crippen LogP contribution in [0.25, 0.3) is 0 Å². The quantitative estimate of drug-likeness (QED) is 0.0181. The van der Waals surface area contributed by atoms with Gasteiger partial charge in [-0.25, -0.2) is 0 Å². The van der Waals surface area contributed by atoms with Crippen molar-refractivity contribution in [2.75, 3.05) is 33.0 Å². The maximum absolute atomic E-state index is 13.0. The third-order valence-corrected chi connectivity index (χ3v) is 12.1. The van der Waals surface area contributed by atoms with Gasteiger partial charge in [0.25, 0.3) is 0 Å². The first-order valence-electron chi connectivity index (χ1n) is 25.6. The van der Waals surface area contributed by atoms with E-state index in [0.29, 0.717) is 13.0 Å². The molecule has 11 atom stereocenters. The van der Waals surface area contributed by atoms with E-state index in [1.54, 1.807) is 0 Å². The van der Waals surface area contributed by atoms with Crippen LogP contribution in [0.1, 0.15) is 181 Å². The summed E-state index contributed by atoms with van der Waals surface area (Å²) < 4.78 is 34.2. The number of aliphatic hydroxyl groups excluding tert-OH is 7. The van der Waals surface area contributed by atoms with E-state index in [1.165, 1.54) is 77.0 Å². The van der Waals surface area contributed by atoms with Gasteiger partial charge in [-0.3, -0.25) is 4.79 Å². The number of esters is 1. The minimum atomic E-state index is -1.71. The number of carbonyl (C=O) groups is 1. The minimum Gasteiger partial charge on any atom is -0.457 e. The topological polar surface area (TPSA) is 214 Å². The third kappa shape index (κ3) is 27.1. The highest BCUT2D eigenvalue weighted by molar-refractivity contribution is 5.69. The van der Waals surface area contributed by atoms with Gasteiger partial charge in [0.05, 0.1) is 26.4 Å². The molecule has 0 radical (unpaired) electrons. The first-order chi connectivity index (χ1) is 31.6. The van der Waals surface area contributed by atoms with Crippen LogP contribution in [0.3, 0.4) is 0 Å². The number of hydrogen-bond donors (Lipinski definition) is 7. The molecule has 2 aliphatic heterocycles. The second kappa shape index (κ2) is 39.1. The second-order valence-electron chi connectivity index (χ2n) is 18.0. The van der Waals surface area contributed by atoms with Crippen molar-refractivity contribution in [1.82, 2.24) is 0 Å². The molecule has 0 aromatic carbocycles. The summed E-state index contributed by atoms with van der Waals surface area (Å²) in [5, 5.41) is 72.1. The SMILES string of the molecule is CCCCCC/C=C\C/C=C\CCCCCCCCOCC(COC1OC(COC2OC(CO)C(O)C(O)C2O)C(O)C(O)C1O)OC(=O)CCCCCCC/C=C\CCCCCCC. The third-order valence-electron chi connectivity index (χ3n) is 12.1. The van der Waals surface area contributed by atoms with Gasteiger partial charge >= 0.3 is 5.97 Å². The highest BCUT2D eigenvalue weighted by Gasteiger charge is 2.47. The van der Waals surface area contributed by atoms with Crippen LogP contribution in [0.4, 0.5) is 0 Å². The monoisotopic (exact) mass is 929 g/mol. The number of unbranched alkanes of at least 4 members (excludes halogenated alkanes) is 20. The molecule has 65 heavy (non-hydrogen) atoms. The first-order valence-corrected chi connectivity index (χ1v) is 25.6. The number of allylic oxidation sites excluding steroid dienone is 6. The lowest BCUT2D eigenvalue weighted by atomic mass is 9.98. The molecular formula is C51H92O14. The molecule has 2 fully saturated rings. The Labute approximate surface area is 391 Å². The van der Waals surface area contributed by atoms with Gasteiger partial charge in [-0.2, -0.15) is 0 Å².